The first-order valence-electron chi connectivity index (χ1n) is 7.61. The van der Waals surface area contributed by atoms with Crippen LogP contribution in [0, 0.1) is 5.82 Å². The van der Waals surface area contributed by atoms with Gasteiger partial charge in [0.15, 0.2) is 11.8 Å². The molecule has 1 fully saturated rings. The summed E-state index contributed by atoms with van der Waals surface area (Å²) in [4.78, 5) is 3.99. The monoisotopic (exact) mass is 325 g/mol. The van der Waals surface area contributed by atoms with E-state index >= 15 is 0 Å². The van der Waals surface area contributed by atoms with Gasteiger partial charge in [0, 0.05) is 7.11 Å². The minimum atomic E-state index is -0.780. The third kappa shape index (κ3) is 2.31. The number of hydrogen-bond acceptors (Lipinski definition) is 4. The predicted octanol–water partition coefficient (Wildman–Crippen LogP) is 3.23. The Kier molecular flexibility index (Phi) is 3.63. The Hall–Kier alpha value is -2.57. The number of epoxide rings is 1. The van der Waals surface area contributed by atoms with E-state index in [1.165, 1.54) is 18.5 Å². The van der Waals surface area contributed by atoms with Crippen molar-refractivity contribution in [3.63, 3.8) is 0 Å². The van der Waals surface area contributed by atoms with E-state index in [1.54, 1.807) is 30.3 Å². The fourth-order valence-electron chi connectivity index (χ4n) is 3.18. The van der Waals surface area contributed by atoms with Gasteiger partial charge in [0.25, 0.3) is 0 Å². The van der Waals surface area contributed by atoms with Gasteiger partial charge in [0.1, 0.15) is 24.6 Å². The van der Waals surface area contributed by atoms with Gasteiger partial charge in [-0.1, -0.05) is 42.5 Å². The van der Waals surface area contributed by atoms with Crippen LogP contribution < -0.4 is 0 Å². The van der Waals surface area contributed by atoms with Crippen molar-refractivity contribution in [1.82, 2.24) is 14.8 Å². The molecule has 122 valence electrons. The van der Waals surface area contributed by atoms with Crippen LogP contribution in [0.2, 0.25) is 0 Å². The largest absolute Gasteiger partial charge is 0.356 e. The Balaban J connectivity index is 1.81. The van der Waals surface area contributed by atoms with Gasteiger partial charge in [-0.15, -0.1) is 0 Å². The van der Waals surface area contributed by atoms with Crippen molar-refractivity contribution in [2.24, 2.45) is 0 Å². The highest BCUT2D eigenvalue weighted by Crippen LogP contribution is 2.62. The highest BCUT2D eigenvalue weighted by atomic mass is 19.1. The van der Waals surface area contributed by atoms with E-state index in [2.05, 4.69) is 10.1 Å². The van der Waals surface area contributed by atoms with Crippen molar-refractivity contribution in [3.8, 4) is 0 Å². The Morgan fingerprint density at radius 3 is 2.54 bits per heavy atom. The molecule has 1 aliphatic rings. The lowest BCUT2D eigenvalue weighted by atomic mass is 9.90. The second kappa shape index (κ2) is 5.81. The standard InChI is InChI=1S/C18H16FN3O2/c1-23-17(22-12-20-11-21-22)18(14-7-9-15(19)10-8-14)16(24-18)13-5-3-2-4-6-13/h2-12,16-17H,1H3/t16-,17+,18+/m0/s1. The molecule has 0 aliphatic carbocycles. The molecular weight excluding hydrogens is 309 g/mol. The second-order valence-corrected chi connectivity index (χ2v) is 5.67. The molecule has 0 spiro atoms. The van der Waals surface area contributed by atoms with Crippen LogP contribution in [-0.2, 0) is 15.1 Å². The van der Waals surface area contributed by atoms with E-state index in [4.69, 9.17) is 9.47 Å². The molecule has 5 nitrogen and oxygen atoms in total. The van der Waals surface area contributed by atoms with Crippen LogP contribution in [0.25, 0.3) is 0 Å². The smallest absolute Gasteiger partial charge is 0.187 e. The molecule has 3 aromatic rings. The molecule has 4 rings (SSSR count). The maximum absolute atomic E-state index is 13.4. The second-order valence-electron chi connectivity index (χ2n) is 5.67. The Bertz CT molecular complexity index is 808. The highest BCUT2D eigenvalue weighted by Gasteiger charge is 2.65. The summed E-state index contributed by atoms with van der Waals surface area (Å²) >= 11 is 0. The van der Waals surface area contributed by atoms with Gasteiger partial charge in [-0.25, -0.2) is 14.1 Å². The Morgan fingerprint density at radius 1 is 1.17 bits per heavy atom. The van der Waals surface area contributed by atoms with Gasteiger partial charge in [-0.3, -0.25) is 0 Å². The van der Waals surface area contributed by atoms with Crippen molar-refractivity contribution in [2.45, 2.75) is 17.9 Å². The van der Waals surface area contributed by atoms with E-state index in [9.17, 15) is 4.39 Å². The maximum Gasteiger partial charge on any atom is 0.187 e. The first-order valence-corrected chi connectivity index (χ1v) is 7.61. The third-order valence-electron chi connectivity index (χ3n) is 4.31. The summed E-state index contributed by atoms with van der Waals surface area (Å²) in [6, 6.07) is 16.2. The first-order chi connectivity index (χ1) is 11.8. The molecule has 0 saturated carbocycles. The molecule has 0 bridgehead atoms. The Labute approximate surface area is 138 Å². The van der Waals surface area contributed by atoms with Crippen LogP contribution in [0.4, 0.5) is 4.39 Å². The van der Waals surface area contributed by atoms with Gasteiger partial charge in [-0.2, -0.15) is 5.10 Å². The topological polar surface area (TPSA) is 52.5 Å². The van der Waals surface area contributed by atoms with Crippen LogP contribution in [0.3, 0.4) is 0 Å². The van der Waals surface area contributed by atoms with Crippen molar-refractivity contribution in [1.29, 1.82) is 0 Å². The minimum absolute atomic E-state index is 0.210. The summed E-state index contributed by atoms with van der Waals surface area (Å²) in [6.45, 7) is 0. The summed E-state index contributed by atoms with van der Waals surface area (Å²) in [5.41, 5.74) is 1.08. The van der Waals surface area contributed by atoms with Gasteiger partial charge in [0.05, 0.1) is 0 Å². The molecule has 0 N–H and O–H groups in total. The van der Waals surface area contributed by atoms with Crippen molar-refractivity contribution < 1.29 is 13.9 Å². The Morgan fingerprint density at radius 2 is 1.92 bits per heavy atom. The maximum atomic E-state index is 13.4. The zero-order valence-corrected chi connectivity index (χ0v) is 13.0. The van der Waals surface area contributed by atoms with E-state index in [1.807, 2.05) is 30.3 Å². The number of halogens is 1. The highest BCUT2D eigenvalue weighted by molar-refractivity contribution is 5.37. The number of hydrogen-bond donors (Lipinski definition) is 0. The fourth-order valence-corrected chi connectivity index (χ4v) is 3.18. The van der Waals surface area contributed by atoms with Crippen molar-refractivity contribution >= 4 is 0 Å². The average molecular weight is 325 g/mol. The SMILES string of the molecule is CO[C@@H](n1cncn1)[C@]1(c2ccc(F)cc2)O[C@H]1c1ccccc1. The molecule has 1 aliphatic heterocycles. The molecule has 1 aromatic heterocycles. The summed E-state index contributed by atoms with van der Waals surface area (Å²) in [5.74, 6) is -0.291. The van der Waals surface area contributed by atoms with Gasteiger partial charge < -0.3 is 9.47 Å². The zero-order chi connectivity index (χ0) is 16.6. The molecule has 2 heterocycles. The fraction of sp³-hybridized carbons (Fsp3) is 0.222. The average Bonchev–Trinajstić information content (AvgIpc) is 3.12. The molecule has 2 aromatic carbocycles. The lowest BCUT2D eigenvalue weighted by molar-refractivity contribution is -0.0347. The van der Waals surface area contributed by atoms with Crippen LogP contribution in [0.5, 0.6) is 0 Å². The van der Waals surface area contributed by atoms with Crippen LogP contribution in [0.15, 0.2) is 67.3 Å². The predicted molar refractivity (Wildman–Crippen MR) is 84.4 cm³/mol. The van der Waals surface area contributed by atoms with Gasteiger partial charge in [-0.05, 0) is 23.3 Å². The molecule has 24 heavy (non-hydrogen) atoms. The summed E-state index contributed by atoms with van der Waals surface area (Å²) in [5, 5.41) is 4.19. The number of ether oxygens (including phenoxy) is 2. The molecule has 1 saturated heterocycles. The lowest BCUT2D eigenvalue weighted by Crippen LogP contribution is -2.28. The van der Waals surface area contributed by atoms with Gasteiger partial charge >= 0.3 is 0 Å². The van der Waals surface area contributed by atoms with Crippen LogP contribution in [-0.4, -0.2) is 21.9 Å². The van der Waals surface area contributed by atoms with Crippen LogP contribution >= 0.6 is 0 Å². The zero-order valence-electron chi connectivity index (χ0n) is 13.0. The molecule has 3 atom stereocenters. The number of rotatable bonds is 5. The van der Waals surface area contributed by atoms with E-state index in [-0.39, 0.29) is 11.9 Å². The quantitative estimate of drug-likeness (QED) is 0.676. The minimum Gasteiger partial charge on any atom is -0.356 e. The number of benzene rings is 2. The number of aromatic nitrogens is 3. The van der Waals surface area contributed by atoms with E-state index in [0.29, 0.717) is 0 Å². The van der Waals surface area contributed by atoms with Crippen molar-refractivity contribution in [2.75, 3.05) is 7.11 Å². The summed E-state index contributed by atoms with van der Waals surface area (Å²) in [6.07, 6.45) is 2.31. The van der Waals surface area contributed by atoms with E-state index in [0.717, 1.165) is 11.1 Å². The lowest BCUT2D eigenvalue weighted by Gasteiger charge is -2.24. The number of methoxy groups -OCH3 is 1. The van der Waals surface area contributed by atoms with E-state index < -0.39 is 11.8 Å². The molecule has 0 amide bonds. The first kappa shape index (κ1) is 15.0. The summed E-state index contributed by atoms with van der Waals surface area (Å²) in [7, 11) is 1.60. The molecule has 6 heteroatoms. The normalized spacial score (nSPS) is 23.8. The van der Waals surface area contributed by atoms with Crippen molar-refractivity contribution in [3.05, 3.63) is 84.2 Å². The third-order valence-corrected chi connectivity index (χ3v) is 4.31. The summed E-state index contributed by atoms with van der Waals surface area (Å²) < 4.78 is 26.8. The van der Waals surface area contributed by atoms with Gasteiger partial charge in [0.2, 0.25) is 0 Å². The molecule has 0 radical (unpaired) electrons. The number of nitrogens with zero attached hydrogens (tertiary/aromatic N) is 3. The molecule has 0 unspecified atom stereocenters. The molecular formula is C18H16FN3O2. The van der Waals surface area contributed by atoms with Crippen LogP contribution in [0.1, 0.15) is 23.5 Å².